The second kappa shape index (κ2) is 7.84. The Morgan fingerprint density at radius 3 is 2.68 bits per heavy atom. The predicted molar refractivity (Wildman–Crippen MR) is 81.7 cm³/mol. The first-order chi connectivity index (χ1) is 10.6. The van der Waals surface area contributed by atoms with Crippen LogP contribution in [0.4, 0.5) is 4.79 Å². The van der Waals surface area contributed by atoms with Crippen LogP contribution in [0, 0.1) is 5.92 Å². The van der Waals surface area contributed by atoms with Crippen molar-refractivity contribution in [2.45, 2.75) is 19.3 Å². The first-order valence-electron chi connectivity index (χ1n) is 7.74. The molecule has 22 heavy (non-hydrogen) atoms. The van der Waals surface area contributed by atoms with Crippen LogP contribution in [0.25, 0.3) is 0 Å². The zero-order valence-electron chi connectivity index (χ0n) is 12.7. The highest BCUT2D eigenvalue weighted by Gasteiger charge is 2.38. The van der Waals surface area contributed by atoms with Crippen molar-refractivity contribution in [3.63, 3.8) is 0 Å². The zero-order chi connectivity index (χ0) is 15.9. The molecule has 0 bridgehead atoms. The van der Waals surface area contributed by atoms with E-state index in [0.29, 0.717) is 6.54 Å². The number of nitrogens with zero attached hydrogens (tertiary/aromatic N) is 2. The summed E-state index contributed by atoms with van der Waals surface area (Å²) < 4.78 is 0. The van der Waals surface area contributed by atoms with Crippen molar-refractivity contribution in [2.75, 3.05) is 32.7 Å². The van der Waals surface area contributed by atoms with Gasteiger partial charge in [0.05, 0.1) is 26.2 Å². The van der Waals surface area contributed by atoms with E-state index in [1.165, 1.54) is 49.5 Å². The molecule has 2 heterocycles. The van der Waals surface area contributed by atoms with Gasteiger partial charge in [-0.25, -0.2) is 4.79 Å². The average Bonchev–Trinajstić information content (AvgIpc) is 2.51. The van der Waals surface area contributed by atoms with Crippen LogP contribution in [0.2, 0.25) is 0 Å². The summed E-state index contributed by atoms with van der Waals surface area (Å²) in [5.41, 5.74) is 0. The number of rotatable bonds is 6. The van der Waals surface area contributed by atoms with Crippen molar-refractivity contribution in [3.05, 3.63) is 12.7 Å². The Morgan fingerprint density at radius 1 is 1.27 bits per heavy atom. The van der Waals surface area contributed by atoms with Crippen LogP contribution in [-0.4, -0.2) is 61.7 Å². The molecule has 2 fully saturated rings. The number of hydrogen-bond donors (Lipinski definition) is 2. The molecule has 2 aliphatic rings. The summed E-state index contributed by atoms with van der Waals surface area (Å²) in [6, 6.07) is -0.697. The number of nitrogens with one attached hydrogen (secondary N) is 2. The maximum atomic E-state index is 12.1. The van der Waals surface area contributed by atoms with Gasteiger partial charge >= 0.3 is 6.03 Å². The highest BCUT2D eigenvalue weighted by Crippen LogP contribution is 2.08. The maximum Gasteiger partial charge on any atom is 0.331 e. The first kappa shape index (κ1) is 16.4. The van der Waals surface area contributed by atoms with E-state index >= 15 is 0 Å². The zero-order valence-corrected chi connectivity index (χ0v) is 12.7. The van der Waals surface area contributed by atoms with Gasteiger partial charge in [-0.15, -0.1) is 6.58 Å². The molecule has 7 heteroatoms. The molecule has 0 aromatic heterocycles. The second-order valence-electron chi connectivity index (χ2n) is 5.63. The van der Waals surface area contributed by atoms with E-state index in [2.05, 4.69) is 16.9 Å². The Kier molecular flexibility index (Phi) is 5.83. The molecular weight excluding hydrogens is 284 g/mol. The smallest absolute Gasteiger partial charge is 0.331 e. The SMILES string of the molecule is C=CCN1C(=O)NC(=O)[C@@H](C=NCC[NH+]2CCCCC2)C1=O. The molecule has 0 spiro atoms. The molecule has 2 saturated heterocycles. The number of quaternary nitrogens is 1. The summed E-state index contributed by atoms with van der Waals surface area (Å²) in [5.74, 6) is -2.17. The Labute approximate surface area is 130 Å². The van der Waals surface area contributed by atoms with Gasteiger partial charge in [0.1, 0.15) is 0 Å². The number of piperidine rings is 1. The van der Waals surface area contributed by atoms with E-state index < -0.39 is 23.8 Å². The number of urea groups is 1. The summed E-state index contributed by atoms with van der Waals surface area (Å²) in [5, 5.41) is 2.17. The van der Waals surface area contributed by atoms with Gasteiger partial charge in [-0.2, -0.15) is 0 Å². The maximum absolute atomic E-state index is 12.1. The molecule has 0 radical (unpaired) electrons. The molecule has 120 valence electrons. The molecule has 0 aromatic rings. The van der Waals surface area contributed by atoms with Gasteiger partial charge < -0.3 is 4.90 Å². The first-order valence-corrected chi connectivity index (χ1v) is 7.74. The minimum absolute atomic E-state index is 0.0835. The molecule has 0 aliphatic carbocycles. The van der Waals surface area contributed by atoms with Gasteiger partial charge in [0.15, 0.2) is 5.92 Å². The third-order valence-corrected chi connectivity index (χ3v) is 4.01. The quantitative estimate of drug-likeness (QED) is 0.375. The Hall–Kier alpha value is -2.02. The van der Waals surface area contributed by atoms with Crippen molar-refractivity contribution in [1.29, 1.82) is 0 Å². The normalized spacial score (nSPS) is 23.9. The summed E-state index contributed by atoms with van der Waals surface area (Å²) in [6.07, 6.45) is 6.61. The summed E-state index contributed by atoms with van der Waals surface area (Å²) in [7, 11) is 0. The molecule has 2 N–H and O–H groups in total. The lowest BCUT2D eigenvalue weighted by atomic mass is 10.1. The molecule has 7 nitrogen and oxygen atoms in total. The van der Waals surface area contributed by atoms with E-state index in [9.17, 15) is 14.4 Å². The monoisotopic (exact) mass is 307 g/mol. The van der Waals surface area contributed by atoms with Gasteiger partial charge in [-0.05, 0) is 19.3 Å². The number of imide groups is 2. The Balaban J connectivity index is 1.87. The third kappa shape index (κ3) is 4.00. The van der Waals surface area contributed by atoms with Gasteiger partial charge in [-0.3, -0.25) is 24.8 Å². The summed E-state index contributed by atoms with van der Waals surface area (Å²) in [6.45, 7) is 7.41. The fraction of sp³-hybridized carbons (Fsp3) is 0.600. The van der Waals surface area contributed by atoms with Crippen LogP contribution in [0.5, 0.6) is 0 Å². The van der Waals surface area contributed by atoms with Crippen LogP contribution in [-0.2, 0) is 9.59 Å². The number of hydrogen-bond acceptors (Lipinski definition) is 4. The molecular formula is C15H23N4O3+. The van der Waals surface area contributed by atoms with Crippen LogP contribution in [0.1, 0.15) is 19.3 Å². The van der Waals surface area contributed by atoms with E-state index in [1.54, 1.807) is 0 Å². The van der Waals surface area contributed by atoms with E-state index in [0.717, 1.165) is 11.4 Å². The number of barbiturate groups is 1. The minimum atomic E-state index is -1.02. The van der Waals surface area contributed by atoms with Gasteiger partial charge in [0.25, 0.3) is 0 Å². The van der Waals surface area contributed by atoms with Crippen LogP contribution < -0.4 is 10.2 Å². The van der Waals surface area contributed by atoms with E-state index in [4.69, 9.17) is 0 Å². The van der Waals surface area contributed by atoms with Crippen LogP contribution in [0.15, 0.2) is 17.6 Å². The lowest BCUT2D eigenvalue weighted by Crippen LogP contribution is -3.13. The lowest BCUT2D eigenvalue weighted by molar-refractivity contribution is -0.903. The van der Waals surface area contributed by atoms with Crippen molar-refractivity contribution < 1.29 is 19.3 Å². The Morgan fingerprint density at radius 2 is 2.00 bits per heavy atom. The molecule has 0 aromatic carbocycles. The van der Waals surface area contributed by atoms with Crippen molar-refractivity contribution in [2.24, 2.45) is 10.9 Å². The van der Waals surface area contributed by atoms with E-state index in [1.807, 2.05) is 0 Å². The summed E-state index contributed by atoms with van der Waals surface area (Å²) in [4.78, 5) is 42.2. The second-order valence-corrected chi connectivity index (χ2v) is 5.63. The predicted octanol–water partition coefficient (Wildman–Crippen LogP) is -0.993. The minimum Gasteiger partial charge on any atom is -0.333 e. The molecule has 2 rings (SSSR count). The Bertz CT molecular complexity index is 483. The van der Waals surface area contributed by atoms with Crippen LogP contribution >= 0.6 is 0 Å². The van der Waals surface area contributed by atoms with Gasteiger partial charge in [0.2, 0.25) is 11.8 Å². The fourth-order valence-electron chi connectivity index (χ4n) is 2.77. The standard InChI is InChI=1S/C15H22N4O3/c1-2-7-19-14(21)12(13(20)17-15(19)22)11-16-6-10-18-8-4-3-5-9-18/h2,11-12H,1,3-10H2,(H,17,20,22)/p+1/t12-/m1/s1. The lowest BCUT2D eigenvalue weighted by Gasteiger charge is -2.27. The molecule has 0 saturated carbocycles. The molecule has 1 atom stereocenters. The molecule has 2 aliphatic heterocycles. The topological polar surface area (TPSA) is 83.3 Å². The number of likely N-dealkylation sites (tertiary alicyclic amines) is 1. The number of amides is 4. The highest BCUT2D eigenvalue weighted by molar-refractivity contribution is 6.23. The third-order valence-electron chi connectivity index (χ3n) is 4.01. The highest BCUT2D eigenvalue weighted by atomic mass is 16.2. The van der Waals surface area contributed by atoms with Gasteiger partial charge in [0, 0.05) is 12.8 Å². The molecule has 4 amide bonds. The number of carbonyl (C=O) groups is 3. The summed E-state index contributed by atoms with van der Waals surface area (Å²) >= 11 is 0. The van der Waals surface area contributed by atoms with Gasteiger partial charge in [-0.1, -0.05) is 6.08 Å². The van der Waals surface area contributed by atoms with Crippen LogP contribution in [0.3, 0.4) is 0 Å². The average molecular weight is 307 g/mol. The van der Waals surface area contributed by atoms with Crippen molar-refractivity contribution >= 4 is 24.1 Å². The molecule has 0 unspecified atom stereocenters. The fourth-order valence-corrected chi connectivity index (χ4v) is 2.77. The largest absolute Gasteiger partial charge is 0.333 e. The number of aliphatic imine (C=N–C) groups is 1. The number of carbonyl (C=O) groups excluding carboxylic acids is 3. The van der Waals surface area contributed by atoms with Crippen molar-refractivity contribution in [3.8, 4) is 0 Å². The van der Waals surface area contributed by atoms with E-state index in [-0.39, 0.29) is 6.54 Å². The van der Waals surface area contributed by atoms with Crippen molar-refractivity contribution in [1.82, 2.24) is 10.2 Å².